The van der Waals surface area contributed by atoms with Crippen LogP contribution < -0.4 is 12.3 Å². The second-order valence-electron chi connectivity index (χ2n) is 0.854. The molecule has 0 spiro atoms. The van der Waals surface area contributed by atoms with Crippen LogP contribution in [0.4, 0.5) is 0 Å². The molecule has 0 saturated carbocycles. The monoisotopic (exact) mass is 134 g/mol. The molecule has 0 aliphatic carbocycles. The van der Waals surface area contributed by atoms with E-state index in [9.17, 15) is 4.79 Å². The number of carbonyl (C=O) groups is 1. The molecule has 1 saturated heterocycles. The molecule has 1 aliphatic rings. The summed E-state index contributed by atoms with van der Waals surface area (Å²) in [5, 5.41) is 7.31. The van der Waals surface area contributed by atoms with Crippen LogP contribution in [-0.4, -0.2) is 12.6 Å². The number of nitrogens with zero attached hydrogens (tertiary/aromatic N) is 2. The van der Waals surface area contributed by atoms with Gasteiger partial charge in [0.1, 0.15) is 0 Å². The molecule has 0 aromatic carbocycles. The first-order valence-corrected chi connectivity index (χ1v) is 1.55. The summed E-state index contributed by atoms with van der Waals surface area (Å²) in [4.78, 5) is 17.7. The highest BCUT2D eigenvalue weighted by Crippen LogP contribution is 1.92. The molecule has 7 heteroatoms. The first-order valence-electron chi connectivity index (χ1n) is 1.55. The normalized spacial score (nSPS) is 16.7. The summed E-state index contributed by atoms with van der Waals surface area (Å²) in [6.07, 6.45) is 0. The lowest BCUT2D eigenvalue weighted by Gasteiger charge is -2.04. The zero-order valence-electron chi connectivity index (χ0n) is 4.14. The van der Waals surface area contributed by atoms with Crippen LogP contribution in [0, 0.1) is 0 Å². The van der Waals surface area contributed by atoms with Crippen LogP contribution in [0.3, 0.4) is 0 Å². The van der Waals surface area contributed by atoms with E-state index < -0.39 is 5.97 Å². The second-order valence-corrected chi connectivity index (χ2v) is 0.854. The summed E-state index contributed by atoms with van der Waals surface area (Å²) in [7, 11) is 0. The molecule has 1 rings (SSSR count). The number of hydrogen-bond donors (Lipinski definition) is 0. The summed E-state index contributed by atoms with van der Waals surface area (Å²) >= 11 is 0. The van der Waals surface area contributed by atoms with Gasteiger partial charge in [0.05, 0.1) is 0 Å². The molecular formula is C2H2N2O5. The van der Waals surface area contributed by atoms with Gasteiger partial charge in [-0.25, -0.2) is 4.79 Å². The fourth-order valence-corrected chi connectivity index (χ4v) is 0.168. The van der Waals surface area contributed by atoms with Crippen molar-refractivity contribution in [3.05, 3.63) is 0 Å². The number of rotatable bonds is 0. The molecule has 0 atom stereocenters. The largest absolute Gasteiger partial charge is 0.374 e. The molecule has 0 amide bonds. The zero-order chi connectivity index (χ0) is 5.11. The van der Waals surface area contributed by atoms with Crippen molar-refractivity contribution in [2.24, 2.45) is 0 Å². The molecule has 0 aromatic heterocycles. The lowest BCUT2D eigenvalue weighted by Crippen LogP contribution is -2.19. The van der Waals surface area contributed by atoms with Gasteiger partial charge in [0.2, 0.25) is 0 Å². The Morgan fingerprint density at radius 3 is 2.11 bits per heavy atom. The van der Waals surface area contributed by atoms with Gasteiger partial charge in [0.25, 0.3) is 0 Å². The van der Waals surface area contributed by atoms with Gasteiger partial charge in [-0.15, -0.1) is 0 Å². The molecule has 1 aliphatic heterocycles. The first-order chi connectivity index (χ1) is 3.39. The molecule has 1 fully saturated rings. The minimum absolute atomic E-state index is 0. The van der Waals surface area contributed by atoms with Gasteiger partial charge < -0.3 is 0 Å². The topological polar surface area (TPSA) is 115 Å². The van der Waals surface area contributed by atoms with Gasteiger partial charge in [-0.05, 0) is 5.04 Å². The van der Waals surface area contributed by atoms with Crippen molar-refractivity contribution in [3.8, 4) is 0 Å². The molecule has 6 radical (unpaired) electrons. The molecule has 0 bridgehead atoms. The highest BCUT2D eigenvalue weighted by Gasteiger charge is 2.11. The van der Waals surface area contributed by atoms with Gasteiger partial charge in [-0.3, -0.25) is 4.89 Å². The van der Waals surface area contributed by atoms with Crippen LogP contribution in [0.2, 0.25) is 0 Å². The average molecular weight is 134 g/mol. The maximum Gasteiger partial charge on any atom is 0.374 e. The van der Waals surface area contributed by atoms with Crippen molar-refractivity contribution in [3.63, 3.8) is 0 Å². The Morgan fingerprint density at radius 2 is 1.89 bits per heavy atom. The summed E-state index contributed by atoms with van der Waals surface area (Å²) < 4.78 is 0. The predicted octanol–water partition coefficient (Wildman–Crippen LogP) is -1.62. The Hall–Kier alpha value is -0.730. The van der Waals surface area contributed by atoms with E-state index in [1.54, 1.807) is 0 Å². The van der Waals surface area contributed by atoms with Gasteiger partial charge in [-0.1, -0.05) is 0 Å². The molecule has 50 valence electrons. The molecular weight excluding hydrogens is 132 g/mol. The Balaban J connectivity index is 0. The van der Waals surface area contributed by atoms with Crippen molar-refractivity contribution in [2.45, 2.75) is 0 Å². The van der Waals surface area contributed by atoms with Crippen LogP contribution in [0.1, 0.15) is 0 Å². The first kappa shape index (κ1) is 11.1. The Morgan fingerprint density at radius 1 is 1.22 bits per heavy atom. The molecule has 1 heterocycles. The Kier molecular flexibility index (Phi) is 6.68. The van der Waals surface area contributed by atoms with Crippen molar-refractivity contribution in [1.82, 2.24) is 12.3 Å². The third-order valence-electron chi connectivity index (χ3n) is 0.380. The maximum absolute atomic E-state index is 9.91. The van der Waals surface area contributed by atoms with Crippen LogP contribution in [0.25, 0.3) is 0 Å². The molecule has 7 nitrogen and oxygen atoms in total. The molecule has 9 heavy (non-hydrogen) atoms. The van der Waals surface area contributed by atoms with E-state index in [1.165, 1.54) is 0 Å². The number of hydrogen-bond acceptors (Lipinski definition) is 5. The predicted molar refractivity (Wildman–Crippen MR) is 18.5 cm³/mol. The minimum atomic E-state index is -0.605. The standard InChI is InChI=1S/C2H2O5.2N/c3-2-1-4-6-7-5-2;;/h1H2;;. The zero-order valence-corrected chi connectivity index (χ0v) is 4.14. The van der Waals surface area contributed by atoms with Gasteiger partial charge in [0.15, 0.2) is 6.61 Å². The smallest absolute Gasteiger partial charge is 0.264 e. The van der Waals surface area contributed by atoms with Gasteiger partial charge >= 0.3 is 5.97 Å². The average Bonchev–Trinajstić information content (AvgIpc) is 1.69. The van der Waals surface area contributed by atoms with Crippen molar-refractivity contribution >= 4 is 5.97 Å². The number of carbonyl (C=O) groups excluding carboxylic acids is 1. The van der Waals surface area contributed by atoms with Gasteiger partial charge in [0, 0.05) is 17.3 Å². The Bertz CT molecular complexity index is 77.0. The maximum atomic E-state index is 9.91. The van der Waals surface area contributed by atoms with Crippen molar-refractivity contribution < 1.29 is 24.6 Å². The molecule has 0 N–H and O–H groups in total. The third kappa shape index (κ3) is 3.82. The van der Waals surface area contributed by atoms with Crippen LogP contribution in [0.5, 0.6) is 0 Å². The van der Waals surface area contributed by atoms with E-state index in [-0.39, 0.29) is 18.9 Å². The van der Waals surface area contributed by atoms with E-state index in [1.807, 2.05) is 0 Å². The lowest BCUT2D eigenvalue weighted by atomic mass is 10.8. The van der Waals surface area contributed by atoms with E-state index in [2.05, 4.69) is 19.9 Å². The van der Waals surface area contributed by atoms with Crippen molar-refractivity contribution in [2.75, 3.05) is 6.61 Å². The summed E-state index contributed by atoms with van der Waals surface area (Å²) in [6.45, 7) is -0.222. The third-order valence-corrected chi connectivity index (χ3v) is 0.380. The SMILES string of the molecule is O=C1COOOO1.[N].[N]. The fourth-order valence-electron chi connectivity index (χ4n) is 0.168. The lowest BCUT2D eigenvalue weighted by molar-refractivity contribution is -0.635. The summed E-state index contributed by atoms with van der Waals surface area (Å²) in [5.74, 6) is -0.605. The quantitative estimate of drug-likeness (QED) is 0.369. The summed E-state index contributed by atoms with van der Waals surface area (Å²) in [5.41, 5.74) is 0. The molecule has 0 unspecified atom stereocenters. The highest BCUT2D eigenvalue weighted by molar-refractivity contribution is 5.69. The van der Waals surface area contributed by atoms with E-state index in [0.29, 0.717) is 0 Å². The van der Waals surface area contributed by atoms with Crippen molar-refractivity contribution in [1.29, 1.82) is 0 Å². The van der Waals surface area contributed by atoms with Crippen LogP contribution in [-0.2, 0) is 24.6 Å². The van der Waals surface area contributed by atoms with E-state index in [4.69, 9.17) is 0 Å². The van der Waals surface area contributed by atoms with Crippen LogP contribution in [0.15, 0.2) is 0 Å². The minimum Gasteiger partial charge on any atom is -0.264 e. The fraction of sp³-hybridized carbons (Fsp3) is 0.500. The molecule has 0 aromatic rings. The second kappa shape index (κ2) is 5.41. The summed E-state index contributed by atoms with van der Waals surface area (Å²) in [6, 6.07) is 0. The Labute approximate surface area is 50.8 Å². The van der Waals surface area contributed by atoms with E-state index in [0.717, 1.165) is 0 Å². The van der Waals surface area contributed by atoms with E-state index >= 15 is 0 Å². The van der Waals surface area contributed by atoms with Gasteiger partial charge in [-0.2, -0.15) is 4.89 Å². The highest BCUT2D eigenvalue weighted by atomic mass is 17.7. The van der Waals surface area contributed by atoms with Crippen LogP contribution >= 0.6 is 0 Å².